The van der Waals surface area contributed by atoms with Crippen LogP contribution in [0, 0.1) is 0 Å². The summed E-state index contributed by atoms with van der Waals surface area (Å²) in [6.45, 7) is 5.59. The molecule has 0 aromatic heterocycles. The van der Waals surface area contributed by atoms with E-state index < -0.39 is 15.9 Å². The smallest absolute Gasteiger partial charge is 0.270 e. The molecule has 1 amide bonds. The maximum Gasteiger partial charge on any atom is 0.270 e. The van der Waals surface area contributed by atoms with Gasteiger partial charge in [0.05, 0.1) is 4.90 Å². The molecule has 2 aromatic carbocycles. The monoisotopic (exact) mass is 470 g/mol. The zero-order chi connectivity index (χ0) is 23.4. The molecule has 1 saturated heterocycles. The summed E-state index contributed by atoms with van der Waals surface area (Å²) in [6.07, 6.45) is 1.79. The van der Waals surface area contributed by atoms with Gasteiger partial charge in [0.2, 0.25) is 10.0 Å². The Kier molecular flexibility index (Phi) is 7.26. The molecular weight excluding hydrogens is 440 g/mol. The van der Waals surface area contributed by atoms with Gasteiger partial charge in [-0.15, -0.1) is 0 Å². The summed E-state index contributed by atoms with van der Waals surface area (Å²) in [5.74, 6) is -0.592. The predicted octanol–water partition coefficient (Wildman–Crippen LogP) is 1.93. The van der Waals surface area contributed by atoms with Crippen LogP contribution in [0.1, 0.15) is 12.0 Å². The van der Waals surface area contributed by atoms with Crippen LogP contribution < -0.4 is 5.48 Å². The number of sulfonamides is 1. The van der Waals surface area contributed by atoms with Crippen molar-refractivity contribution < 1.29 is 18.4 Å². The molecule has 2 heterocycles. The summed E-state index contributed by atoms with van der Waals surface area (Å²) >= 11 is 0. The van der Waals surface area contributed by atoms with Crippen molar-refractivity contribution in [3.8, 4) is 11.1 Å². The normalized spacial score (nSPS) is 18.7. The number of carbonyl (C=O) groups excluding carboxylic acids is 1. The van der Waals surface area contributed by atoms with E-state index in [4.69, 9.17) is 5.21 Å². The molecule has 9 heteroatoms. The number of carbonyl (C=O) groups is 1. The molecule has 2 aliphatic heterocycles. The first-order valence-electron chi connectivity index (χ1n) is 11.1. The summed E-state index contributed by atoms with van der Waals surface area (Å²) in [7, 11) is -1.50. The molecule has 0 saturated carbocycles. The highest BCUT2D eigenvalue weighted by atomic mass is 32.2. The zero-order valence-electron chi connectivity index (χ0n) is 18.8. The number of benzene rings is 2. The fraction of sp³-hybridized carbons (Fsp3) is 0.375. The third-order valence-corrected chi connectivity index (χ3v) is 8.23. The topological polar surface area (TPSA) is 93.2 Å². The lowest BCUT2D eigenvalue weighted by Gasteiger charge is -2.32. The van der Waals surface area contributed by atoms with Crippen LogP contribution in [-0.4, -0.2) is 80.0 Å². The van der Waals surface area contributed by atoms with Gasteiger partial charge in [0.25, 0.3) is 5.91 Å². The van der Waals surface area contributed by atoms with Gasteiger partial charge < -0.3 is 4.90 Å². The summed E-state index contributed by atoms with van der Waals surface area (Å²) in [5.41, 5.74) is 5.25. The van der Waals surface area contributed by atoms with Gasteiger partial charge in [-0.2, -0.15) is 4.31 Å². The number of nitrogens with one attached hydrogen (secondary N) is 1. The number of hydrogen-bond donors (Lipinski definition) is 2. The number of rotatable bonds is 6. The van der Waals surface area contributed by atoms with Gasteiger partial charge in [0, 0.05) is 51.4 Å². The van der Waals surface area contributed by atoms with E-state index in [1.807, 2.05) is 12.1 Å². The third kappa shape index (κ3) is 5.51. The molecule has 2 aromatic rings. The maximum absolute atomic E-state index is 13.0. The first-order chi connectivity index (χ1) is 15.9. The van der Waals surface area contributed by atoms with Crippen molar-refractivity contribution in [3.63, 3.8) is 0 Å². The van der Waals surface area contributed by atoms with E-state index in [-0.39, 0.29) is 24.4 Å². The minimum absolute atomic E-state index is 0.0988. The van der Waals surface area contributed by atoms with Crippen LogP contribution in [0.25, 0.3) is 11.1 Å². The summed E-state index contributed by atoms with van der Waals surface area (Å²) < 4.78 is 27.3. The number of hydrogen-bond acceptors (Lipinski definition) is 6. The number of nitrogens with zero attached hydrogens (tertiary/aromatic N) is 3. The second-order valence-corrected chi connectivity index (χ2v) is 10.5. The predicted molar refractivity (Wildman–Crippen MR) is 126 cm³/mol. The Bertz CT molecular complexity index is 1110. The largest absolute Gasteiger partial charge is 0.304 e. The minimum atomic E-state index is -3.66. The Morgan fingerprint density at radius 3 is 2.09 bits per heavy atom. The molecule has 176 valence electrons. The average molecular weight is 471 g/mol. The zero-order valence-corrected chi connectivity index (χ0v) is 19.6. The second-order valence-electron chi connectivity index (χ2n) is 8.58. The Balaban J connectivity index is 1.40. The fourth-order valence-corrected chi connectivity index (χ4v) is 5.56. The van der Waals surface area contributed by atoms with Gasteiger partial charge >= 0.3 is 0 Å². The number of piperazine rings is 1. The Hall–Kier alpha value is -2.56. The van der Waals surface area contributed by atoms with Gasteiger partial charge in [0.1, 0.15) is 0 Å². The lowest BCUT2D eigenvalue weighted by atomic mass is 10.0. The second kappa shape index (κ2) is 10.1. The van der Waals surface area contributed by atoms with Crippen molar-refractivity contribution in [1.82, 2.24) is 19.6 Å². The van der Waals surface area contributed by atoms with E-state index in [9.17, 15) is 13.2 Å². The summed E-state index contributed by atoms with van der Waals surface area (Å²) in [4.78, 5) is 16.5. The Morgan fingerprint density at radius 1 is 0.939 bits per heavy atom. The van der Waals surface area contributed by atoms with Crippen molar-refractivity contribution >= 4 is 15.9 Å². The lowest BCUT2D eigenvalue weighted by molar-refractivity contribution is -0.125. The highest BCUT2D eigenvalue weighted by Gasteiger charge is 2.27. The van der Waals surface area contributed by atoms with Gasteiger partial charge in [-0.1, -0.05) is 42.5 Å². The van der Waals surface area contributed by atoms with Crippen LogP contribution in [0.3, 0.4) is 0 Å². The molecule has 2 N–H and O–H groups in total. The molecule has 0 unspecified atom stereocenters. The average Bonchev–Trinajstić information content (AvgIpc) is 2.85. The molecule has 1 fully saturated rings. The molecule has 2 aliphatic rings. The molecule has 4 rings (SSSR count). The van der Waals surface area contributed by atoms with Crippen molar-refractivity contribution in [3.05, 3.63) is 65.7 Å². The van der Waals surface area contributed by atoms with Crippen LogP contribution in [0.15, 0.2) is 65.1 Å². The van der Waals surface area contributed by atoms with E-state index in [1.165, 1.54) is 15.9 Å². The highest BCUT2D eigenvalue weighted by molar-refractivity contribution is 7.89. The van der Waals surface area contributed by atoms with Crippen molar-refractivity contribution in [1.29, 1.82) is 0 Å². The van der Waals surface area contributed by atoms with Crippen molar-refractivity contribution in [2.24, 2.45) is 0 Å². The first kappa shape index (κ1) is 23.6. The molecule has 0 radical (unpaired) electrons. The van der Waals surface area contributed by atoms with Crippen molar-refractivity contribution in [2.45, 2.75) is 17.9 Å². The molecule has 0 atom stereocenters. The van der Waals surface area contributed by atoms with E-state index in [1.54, 1.807) is 17.6 Å². The van der Waals surface area contributed by atoms with E-state index in [0.717, 1.165) is 43.9 Å². The van der Waals surface area contributed by atoms with Crippen LogP contribution in [0.5, 0.6) is 0 Å². The molecule has 0 spiro atoms. The Morgan fingerprint density at radius 2 is 1.55 bits per heavy atom. The quantitative estimate of drug-likeness (QED) is 0.495. The number of amides is 1. The maximum atomic E-state index is 13.0. The lowest BCUT2D eigenvalue weighted by Crippen LogP contribution is -2.43. The van der Waals surface area contributed by atoms with E-state index >= 15 is 0 Å². The standard InChI is InChI=1S/C24H30N4O4S/c1-26-14-16-27(17-15-26)18-19-2-4-20(5-3-19)21-6-8-23(9-7-21)33(31,32)28-12-10-22(11-13-28)24(29)25-30/h2-10,30H,11-18H2,1H3,(H,25,29). The van der Waals surface area contributed by atoms with Crippen LogP contribution >= 0.6 is 0 Å². The molecule has 0 bridgehead atoms. The SMILES string of the molecule is CN1CCN(Cc2ccc(-c3ccc(S(=O)(=O)N4CC=C(C(=O)NO)CC4)cc3)cc2)CC1. The van der Waals surface area contributed by atoms with Gasteiger partial charge in [0.15, 0.2) is 0 Å². The Labute approximate surface area is 195 Å². The van der Waals surface area contributed by atoms with E-state index in [0.29, 0.717) is 5.57 Å². The van der Waals surface area contributed by atoms with Crippen LogP contribution in [0.2, 0.25) is 0 Å². The van der Waals surface area contributed by atoms with Crippen LogP contribution in [0.4, 0.5) is 0 Å². The van der Waals surface area contributed by atoms with Crippen LogP contribution in [-0.2, 0) is 21.4 Å². The summed E-state index contributed by atoms with van der Waals surface area (Å²) in [5, 5.41) is 8.73. The molecular formula is C24H30N4O4S. The number of hydroxylamine groups is 1. The first-order valence-corrected chi connectivity index (χ1v) is 12.5. The molecule has 33 heavy (non-hydrogen) atoms. The van der Waals surface area contributed by atoms with Gasteiger partial charge in [-0.25, -0.2) is 13.9 Å². The van der Waals surface area contributed by atoms with Gasteiger partial charge in [-0.05, 0) is 42.3 Å². The fourth-order valence-electron chi connectivity index (χ4n) is 4.18. The highest BCUT2D eigenvalue weighted by Crippen LogP contribution is 2.25. The molecule has 8 nitrogen and oxygen atoms in total. The number of likely N-dealkylation sites (N-methyl/N-ethyl adjacent to an activating group) is 1. The van der Waals surface area contributed by atoms with E-state index in [2.05, 4.69) is 41.1 Å². The third-order valence-electron chi connectivity index (χ3n) is 6.35. The minimum Gasteiger partial charge on any atom is -0.304 e. The van der Waals surface area contributed by atoms with Gasteiger partial charge in [-0.3, -0.25) is 14.9 Å². The summed E-state index contributed by atoms with van der Waals surface area (Å²) in [6, 6.07) is 15.3. The molecule has 0 aliphatic carbocycles. The van der Waals surface area contributed by atoms with Crippen molar-refractivity contribution in [2.75, 3.05) is 46.3 Å².